The highest BCUT2D eigenvalue weighted by atomic mass is 35.5. The maximum Gasteiger partial charge on any atom is 0.164 e. The Morgan fingerprint density at radius 3 is 2.37 bits per heavy atom. The molecule has 0 N–H and O–H groups in total. The van der Waals surface area contributed by atoms with Crippen LogP contribution in [0.5, 0.6) is 0 Å². The van der Waals surface area contributed by atoms with E-state index in [0.717, 1.165) is 40.9 Å². The van der Waals surface area contributed by atoms with Crippen molar-refractivity contribution in [2.45, 2.75) is 25.8 Å². The molecule has 38 heavy (non-hydrogen) atoms. The molecule has 0 saturated heterocycles. The lowest BCUT2D eigenvalue weighted by molar-refractivity contribution is 0.462. The largest absolute Gasteiger partial charge is 0.318 e. The Morgan fingerprint density at radius 2 is 1.66 bits per heavy atom. The Bertz CT molecular complexity index is 1620. The predicted molar refractivity (Wildman–Crippen MR) is 158 cm³/mol. The molecular formula is C30H22Cl4N4. The second kappa shape index (κ2) is 10.3. The minimum Gasteiger partial charge on any atom is -0.318 e. The summed E-state index contributed by atoms with van der Waals surface area (Å²) in [5, 5.41) is 7.14. The molecule has 8 heteroatoms. The van der Waals surface area contributed by atoms with E-state index in [4.69, 9.17) is 56.5 Å². The van der Waals surface area contributed by atoms with Gasteiger partial charge in [-0.05, 0) is 47.9 Å². The van der Waals surface area contributed by atoms with Crippen LogP contribution in [0.1, 0.15) is 36.1 Å². The average molecular weight is 580 g/mol. The minimum atomic E-state index is -0.402. The molecule has 0 unspecified atom stereocenters. The summed E-state index contributed by atoms with van der Waals surface area (Å²) in [5.74, 6) is 1.26. The second-order valence-corrected chi connectivity index (χ2v) is 10.9. The van der Waals surface area contributed by atoms with Gasteiger partial charge in [-0.15, -0.1) is 0 Å². The second-order valence-electron chi connectivity index (χ2n) is 9.20. The van der Waals surface area contributed by atoms with E-state index in [0.29, 0.717) is 31.8 Å². The third-order valence-electron chi connectivity index (χ3n) is 6.67. The van der Waals surface area contributed by atoms with Gasteiger partial charge in [0.25, 0.3) is 0 Å². The smallest absolute Gasteiger partial charge is 0.164 e. The van der Waals surface area contributed by atoms with Crippen molar-refractivity contribution in [3.63, 3.8) is 0 Å². The minimum absolute atomic E-state index is 0.402. The standard InChI is InChI=1S/C30H22Cl4N4/c1-2-6-18-9-11-19(12-10-18)27-26-28(23-14-13-20(31)15-24(23)33)37-17-21(32)16-25(34)29(37)35-30(26)38(36-27)22-7-4-3-5-8-22/h3-5,7-17,28H,2,6H2,1H3/t28-/m0/s1. The van der Waals surface area contributed by atoms with Gasteiger partial charge in [-0.2, -0.15) is 5.10 Å². The number of amidine groups is 1. The van der Waals surface area contributed by atoms with Gasteiger partial charge in [-0.25, -0.2) is 9.67 Å². The number of aryl methyl sites for hydroxylation is 1. The first kappa shape index (κ1) is 25.3. The van der Waals surface area contributed by atoms with Crippen molar-refractivity contribution >= 4 is 58.1 Å². The summed E-state index contributed by atoms with van der Waals surface area (Å²) < 4.78 is 1.87. The molecule has 0 amide bonds. The molecule has 0 bridgehead atoms. The molecule has 3 heterocycles. The Hall–Kier alpha value is -3.02. The molecule has 2 aliphatic rings. The van der Waals surface area contributed by atoms with E-state index in [2.05, 4.69) is 31.2 Å². The monoisotopic (exact) mass is 578 g/mol. The third kappa shape index (κ3) is 4.46. The summed E-state index contributed by atoms with van der Waals surface area (Å²) in [5.41, 5.74) is 5.71. The van der Waals surface area contributed by atoms with Crippen LogP contribution in [-0.2, 0) is 6.42 Å². The summed E-state index contributed by atoms with van der Waals surface area (Å²) in [7, 11) is 0. The first-order valence-electron chi connectivity index (χ1n) is 12.3. The highest BCUT2D eigenvalue weighted by molar-refractivity contribution is 6.45. The lowest BCUT2D eigenvalue weighted by Crippen LogP contribution is -2.36. The van der Waals surface area contributed by atoms with Crippen molar-refractivity contribution in [3.05, 3.63) is 122 Å². The fraction of sp³-hybridized carbons (Fsp3) is 0.133. The third-order valence-corrected chi connectivity index (χ3v) is 7.72. The van der Waals surface area contributed by atoms with Crippen LogP contribution in [0.3, 0.4) is 0 Å². The van der Waals surface area contributed by atoms with Crippen molar-refractivity contribution in [3.8, 4) is 16.9 Å². The lowest BCUT2D eigenvalue weighted by Gasteiger charge is -2.37. The van der Waals surface area contributed by atoms with Gasteiger partial charge in [0.2, 0.25) is 0 Å². The van der Waals surface area contributed by atoms with Crippen molar-refractivity contribution in [2.24, 2.45) is 4.99 Å². The van der Waals surface area contributed by atoms with Crippen LogP contribution in [0.15, 0.2) is 100 Å². The van der Waals surface area contributed by atoms with Crippen LogP contribution >= 0.6 is 46.4 Å². The molecule has 2 aliphatic heterocycles. The van der Waals surface area contributed by atoms with Crippen LogP contribution in [0, 0.1) is 0 Å². The number of fused-ring (bicyclic) bond motifs is 2. The number of benzene rings is 3. The SMILES string of the molecule is CCCc1ccc(-c2nn(-c3ccccc3)c3c2[C@H](c2ccc(Cl)cc2Cl)N2C=C(Cl)C=C(Cl)C2=N3)cc1. The predicted octanol–water partition coefficient (Wildman–Crippen LogP) is 9.45. The van der Waals surface area contributed by atoms with Crippen LogP contribution in [-0.4, -0.2) is 20.5 Å². The number of aliphatic imine (C=N–C) groups is 1. The van der Waals surface area contributed by atoms with Crippen LogP contribution in [0.25, 0.3) is 16.9 Å². The Balaban J connectivity index is 1.67. The van der Waals surface area contributed by atoms with Gasteiger partial charge in [0.1, 0.15) is 5.69 Å². The first-order chi connectivity index (χ1) is 18.4. The highest BCUT2D eigenvalue weighted by Gasteiger charge is 2.39. The molecule has 0 saturated carbocycles. The molecule has 3 aromatic carbocycles. The van der Waals surface area contributed by atoms with E-state index in [1.807, 2.05) is 58.2 Å². The van der Waals surface area contributed by atoms with E-state index < -0.39 is 6.04 Å². The number of para-hydroxylation sites is 1. The summed E-state index contributed by atoms with van der Waals surface area (Å²) in [4.78, 5) is 7.01. The molecule has 4 nitrogen and oxygen atoms in total. The van der Waals surface area contributed by atoms with E-state index in [1.165, 1.54) is 5.56 Å². The van der Waals surface area contributed by atoms with Gasteiger partial charge in [-0.3, -0.25) is 0 Å². The van der Waals surface area contributed by atoms with E-state index in [9.17, 15) is 0 Å². The number of allylic oxidation sites excluding steroid dienone is 2. The summed E-state index contributed by atoms with van der Waals surface area (Å²) in [6, 6.07) is 23.6. The number of aromatic nitrogens is 2. The fourth-order valence-electron chi connectivity index (χ4n) is 4.98. The lowest BCUT2D eigenvalue weighted by atomic mass is 9.92. The molecule has 1 atom stereocenters. The van der Waals surface area contributed by atoms with Gasteiger partial charge >= 0.3 is 0 Å². The molecule has 0 spiro atoms. The average Bonchev–Trinajstić information content (AvgIpc) is 3.29. The quantitative estimate of drug-likeness (QED) is 0.236. The van der Waals surface area contributed by atoms with E-state index in [1.54, 1.807) is 12.1 Å². The molecule has 0 aliphatic carbocycles. The number of hydrogen-bond donors (Lipinski definition) is 0. The molecule has 190 valence electrons. The Morgan fingerprint density at radius 1 is 0.895 bits per heavy atom. The molecular weight excluding hydrogens is 558 g/mol. The molecule has 0 fully saturated rings. The zero-order valence-electron chi connectivity index (χ0n) is 20.4. The zero-order chi connectivity index (χ0) is 26.4. The summed E-state index contributed by atoms with van der Waals surface area (Å²) in [6.45, 7) is 2.18. The van der Waals surface area contributed by atoms with Crippen LogP contribution < -0.4 is 0 Å². The summed E-state index contributed by atoms with van der Waals surface area (Å²) in [6.07, 6.45) is 5.64. The Kier molecular flexibility index (Phi) is 6.83. The van der Waals surface area contributed by atoms with E-state index >= 15 is 0 Å². The maximum absolute atomic E-state index is 6.83. The van der Waals surface area contributed by atoms with Crippen molar-refractivity contribution in [2.75, 3.05) is 0 Å². The van der Waals surface area contributed by atoms with Gasteiger partial charge in [0.15, 0.2) is 11.7 Å². The zero-order valence-corrected chi connectivity index (χ0v) is 23.4. The highest BCUT2D eigenvalue weighted by Crippen LogP contribution is 2.49. The number of rotatable bonds is 5. The first-order valence-corrected chi connectivity index (χ1v) is 13.8. The normalized spacial score (nSPS) is 16.4. The maximum atomic E-state index is 6.83. The van der Waals surface area contributed by atoms with Gasteiger partial charge < -0.3 is 4.90 Å². The van der Waals surface area contributed by atoms with Crippen molar-refractivity contribution in [1.29, 1.82) is 0 Å². The van der Waals surface area contributed by atoms with Crippen molar-refractivity contribution < 1.29 is 0 Å². The van der Waals surface area contributed by atoms with Gasteiger partial charge in [-0.1, -0.05) is 108 Å². The van der Waals surface area contributed by atoms with Crippen molar-refractivity contribution in [1.82, 2.24) is 14.7 Å². The fourth-order valence-corrected chi connectivity index (χ4v) is 6.02. The van der Waals surface area contributed by atoms with Crippen LogP contribution in [0.4, 0.5) is 5.82 Å². The number of nitrogens with zero attached hydrogens (tertiary/aromatic N) is 4. The molecule has 1 aromatic heterocycles. The van der Waals surface area contributed by atoms with Gasteiger partial charge in [0, 0.05) is 21.8 Å². The number of hydrogen-bond acceptors (Lipinski definition) is 3. The molecule has 6 rings (SSSR count). The number of halogens is 4. The van der Waals surface area contributed by atoms with Crippen LogP contribution in [0.2, 0.25) is 10.0 Å². The molecule has 4 aromatic rings. The van der Waals surface area contributed by atoms with Gasteiger partial charge in [0.05, 0.1) is 27.4 Å². The van der Waals surface area contributed by atoms with E-state index in [-0.39, 0.29) is 0 Å². The Labute approximate surface area is 241 Å². The topological polar surface area (TPSA) is 33.4 Å². The summed E-state index contributed by atoms with van der Waals surface area (Å²) >= 11 is 26.3. The molecule has 0 radical (unpaired) electrons.